The summed E-state index contributed by atoms with van der Waals surface area (Å²) in [6.07, 6.45) is 6.20. The Hall–Kier alpha value is -3.70. The van der Waals surface area contributed by atoms with Crippen LogP contribution in [0.15, 0.2) is 124 Å². The summed E-state index contributed by atoms with van der Waals surface area (Å²) in [5.74, 6) is 1.77. The predicted octanol–water partition coefficient (Wildman–Crippen LogP) is 8.61. The Morgan fingerprint density at radius 2 is 1.15 bits per heavy atom. The van der Waals surface area contributed by atoms with Crippen molar-refractivity contribution in [3.63, 3.8) is 0 Å². The van der Waals surface area contributed by atoms with Gasteiger partial charge in [-0.3, -0.25) is 0 Å². The lowest BCUT2D eigenvalue weighted by Gasteiger charge is -2.35. The number of esters is 1. The van der Waals surface area contributed by atoms with Gasteiger partial charge in [0.15, 0.2) is 21.3 Å². The summed E-state index contributed by atoms with van der Waals surface area (Å²) in [6.45, 7) is 2.01. The van der Waals surface area contributed by atoms with Crippen molar-refractivity contribution in [3.05, 3.63) is 109 Å². The zero-order valence-electron chi connectivity index (χ0n) is 22.4. The van der Waals surface area contributed by atoms with Crippen LogP contribution in [0.2, 0.25) is 0 Å². The van der Waals surface area contributed by atoms with Crippen molar-refractivity contribution in [2.75, 3.05) is 6.61 Å². The van der Waals surface area contributed by atoms with Crippen LogP contribution in [0.5, 0.6) is 17.2 Å². The van der Waals surface area contributed by atoms with Gasteiger partial charge < -0.3 is 14.2 Å². The second-order valence-electron chi connectivity index (χ2n) is 9.84. The molecule has 1 fully saturated rings. The molecule has 0 aliphatic heterocycles. The minimum absolute atomic E-state index is 0.0891. The van der Waals surface area contributed by atoms with Gasteiger partial charge in [0.2, 0.25) is 0 Å². The van der Waals surface area contributed by atoms with Crippen LogP contribution in [0.25, 0.3) is 0 Å². The molecule has 1 aliphatic carbocycles. The number of hydrogen-bond acceptors (Lipinski definition) is 4. The van der Waals surface area contributed by atoms with Gasteiger partial charge in [-0.2, -0.15) is 0 Å². The third-order valence-electron chi connectivity index (χ3n) is 7.17. The van der Waals surface area contributed by atoms with Gasteiger partial charge in [-0.15, -0.1) is 0 Å². The summed E-state index contributed by atoms with van der Waals surface area (Å²) in [5.41, 5.74) is -0.311. The van der Waals surface area contributed by atoms with Gasteiger partial charge in [0.05, 0.1) is 10.9 Å². The maximum absolute atomic E-state index is 12.4. The van der Waals surface area contributed by atoms with Crippen LogP contribution in [0.4, 0.5) is 0 Å². The maximum Gasteiger partial charge on any atom is 0.344 e. The van der Waals surface area contributed by atoms with Crippen molar-refractivity contribution in [1.29, 1.82) is 0 Å². The minimum atomic E-state index is -0.311. The Morgan fingerprint density at radius 3 is 1.69 bits per heavy atom. The van der Waals surface area contributed by atoms with E-state index in [2.05, 4.69) is 67.6 Å². The van der Waals surface area contributed by atoms with E-state index < -0.39 is 0 Å². The van der Waals surface area contributed by atoms with E-state index in [0.29, 0.717) is 11.5 Å². The topological polar surface area (TPSA) is 44.8 Å². The average molecular weight is 540 g/mol. The number of benzene rings is 4. The van der Waals surface area contributed by atoms with Crippen LogP contribution in [0, 0.1) is 0 Å². The number of carbonyl (C=O) groups excluding carboxylic acids is 1. The van der Waals surface area contributed by atoms with Crippen molar-refractivity contribution < 1.29 is 19.0 Å². The highest BCUT2D eigenvalue weighted by Crippen LogP contribution is 2.35. The van der Waals surface area contributed by atoms with Gasteiger partial charge in [0, 0.05) is 0 Å². The van der Waals surface area contributed by atoms with Crippen molar-refractivity contribution in [2.45, 2.75) is 65.7 Å². The number of rotatable bonds is 10. The number of ether oxygens (including phenoxy) is 3. The van der Waals surface area contributed by atoms with Crippen molar-refractivity contribution in [1.82, 2.24) is 0 Å². The molecule has 0 radical (unpaired) electrons. The van der Waals surface area contributed by atoms with Crippen molar-refractivity contribution >= 4 is 16.9 Å². The molecule has 0 N–H and O–H groups in total. The van der Waals surface area contributed by atoms with E-state index in [1.165, 1.54) is 21.1 Å². The lowest BCUT2D eigenvalue weighted by molar-refractivity contribution is -0.166. The Balaban J connectivity index is 1.19. The molecule has 0 aromatic heterocycles. The monoisotopic (exact) mass is 539 g/mol. The Kier molecular flexibility index (Phi) is 8.89. The second-order valence-corrected chi connectivity index (χ2v) is 11.9. The highest BCUT2D eigenvalue weighted by atomic mass is 32.2. The molecule has 1 saturated carbocycles. The van der Waals surface area contributed by atoms with Gasteiger partial charge in [-0.25, -0.2) is 4.79 Å². The summed E-state index contributed by atoms with van der Waals surface area (Å²) in [4.78, 5) is 16.2. The van der Waals surface area contributed by atoms with Crippen LogP contribution in [-0.4, -0.2) is 18.2 Å². The highest BCUT2D eigenvalue weighted by Gasteiger charge is 2.34. The maximum atomic E-state index is 12.4. The summed E-state index contributed by atoms with van der Waals surface area (Å²) in [5, 5.41) is 0. The van der Waals surface area contributed by atoms with E-state index in [1.54, 1.807) is 0 Å². The number of carbonyl (C=O) groups is 1. The molecule has 0 bridgehead atoms. The highest BCUT2D eigenvalue weighted by molar-refractivity contribution is 7.97. The van der Waals surface area contributed by atoms with Crippen LogP contribution in [0.1, 0.15) is 45.4 Å². The van der Waals surface area contributed by atoms with E-state index in [0.717, 1.165) is 37.9 Å². The summed E-state index contributed by atoms with van der Waals surface area (Å²) < 4.78 is 17.6. The molecule has 0 unspecified atom stereocenters. The third-order valence-corrected chi connectivity index (χ3v) is 9.40. The van der Waals surface area contributed by atoms with E-state index >= 15 is 0 Å². The first kappa shape index (κ1) is 26.9. The van der Waals surface area contributed by atoms with Crippen LogP contribution in [0.3, 0.4) is 0 Å². The lowest BCUT2D eigenvalue weighted by atomic mass is 9.83. The van der Waals surface area contributed by atoms with E-state index in [4.69, 9.17) is 14.2 Å². The molecule has 5 rings (SSSR count). The van der Waals surface area contributed by atoms with Crippen molar-refractivity contribution in [2.24, 2.45) is 0 Å². The molecule has 4 aromatic carbocycles. The molecule has 0 atom stereocenters. The first-order chi connectivity index (χ1) is 19.1. The summed E-state index contributed by atoms with van der Waals surface area (Å²) in [6, 6.07) is 36.8. The van der Waals surface area contributed by atoms with Gasteiger partial charge in [0.25, 0.3) is 0 Å². The summed E-state index contributed by atoms with van der Waals surface area (Å²) >= 11 is 0. The molecule has 0 amide bonds. The molecule has 0 spiro atoms. The van der Waals surface area contributed by atoms with Gasteiger partial charge in [-0.05, 0) is 105 Å². The molecule has 0 heterocycles. The fourth-order valence-electron chi connectivity index (χ4n) is 5.04. The number of hydrogen-bond donors (Lipinski definition) is 0. The zero-order chi connectivity index (χ0) is 26.9. The molecule has 4 nitrogen and oxygen atoms in total. The first-order valence-electron chi connectivity index (χ1n) is 13.7. The molecule has 39 heavy (non-hydrogen) atoms. The van der Waals surface area contributed by atoms with E-state index in [-0.39, 0.29) is 29.1 Å². The average Bonchev–Trinajstić information content (AvgIpc) is 2.99. The smallest absolute Gasteiger partial charge is 0.344 e. The first-order valence-corrected chi connectivity index (χ1v) is 14.9. The molecular weight excluding hydrogens is 504 g/mol. The standard InChI is InChI=1S/C34H35O4S/c1-2-34(24-10-5-11-25-34)38-33(35)26-36-27-16-18-28(19-17-27)37-29-20-22-32(23-21-29)39(30-12-6-3-7-13-30)31-14-8-4-9-15-31/h3-4,6-9,12-23H,2,5,10-11,24-26H2,1H3/q+1. The lowest BCUT2D eigenvalue weighted by Crippen LogP contribution is -2.38. The molecule has 200 valence electrons. The predicted molar refractivity (Wildman–Crippen MR) is 156 cm³/mol. The Labute approximate surface area is 234 Å². The second kappa shape index (κ2) is 12.9. The largest absolute Gasteiger partial charge is 0.482 e. The van der Waals surface area contributed by atoms with Gasteiger partial charge in [-0.1, -0.05) is 49.7 Å². The van der Waals surface area contributed by atoms with Crippen LogP contribution < -0.4 is 9.47 Å². The van der Waals surface area contributed by atoms with E-state index in [1.807, 2.05) is 48.5 Å². The van der Waals surface area contributed by atoms with E-state index in [9.17, 15) is 4.79 Å². The molecular formula is C34H35O4S+. The Bertz CT molecular complexity index is 1280. The SMILES string of the molecule is CCC1(OC(=O)COc2ccc(Oc3ccc([S+](c4ccccc4)c4ccccc4)cc3)cc2)CCCCC1. The third kappa shape index (κ3) is 7.04. The fourth-order valence-corrected chi connectivity index (χ4v) is 7.13. The Morgan fingerprint density at radius 1 is 0.667 bits per heavy atom. The van der Waals surface area contributed by atoms with Gasteiger partial charge >= 0.3 is 5.97 Å². The minimum Gasteiger partial charge on any atom is -0.482 e. The fraction of sp³-hybridized carbons (Fsp3) is 0.265. The quantitative estimate of drug-likeness (QED) is 0.149. The molecule has 1 aliphatic rings. The molecule has 0 saturated heterocycles. The normalized spacial score (nSPS) is 14.5. The van der Waals surface area contributed by atoms with Gasteiger partial charge in [0.1, 0.15) is 22.8 Å². The van der Waals surface area contributed by atoms with Crippen molar-refractivity contribution in [3.8, 4) is 17.2 Å². The summed E-state index contributed by atoms with van der Waals surface area (Å²) in [7, 11) is -0.195. The van der Waals surface area contributed by atoms with Crippen LogP contribution in [-0.2, 0) is 20.4 Å². The molecule has 4 aromatic rings. The molecule has 5 heteroatoms. The zero-order valence-corrected chi connectivity index (χ0v) is 23.2. The van der Waals surface area contributed by atoms with Crippen LogP contribution >= 0.6 is 0 Å².